The van der Waals surface area contributed by atoms with Gasteiger partial charge in [-0.05, 0) is 32.0 Å². The van der Waals surface area contributed by atoms with E-state index >= 15 is 0 Å². The van der Waals surface area contributed by atoms with Crippen LogP contribution >= 0.6 is 39.0 Å². The molecule has 0 aliphatic carbocycles. The third kappa shape index (κ3) is 5.60. The lowest BCUT2D eigenvalue weighted by atomic mass is 10.2. The number of carbonyl (C=O) groups is 1. The van der Waals surface area contributed by atoms with Crippen LogP contribution in [-0.2, 0) is 16.0 Å². The molecule has 4 rings (SSSR count). The number of benzene rings is 2. The summed E-state index contributed by atoms with van der Waals surface area (Å²) < 4.78 is 15.5. The second-order valence-electron chi connectivity index (χ2n) is 7.47. The zero-order valence-corrected chi connectivity index (χ0v) is 22.2. The normalized spacial score (nSPS) is 11.6. The number of rotatable bonds is 11. The number of hydrogen-bond acceptors (Lipinski definition) is 7. The summed E-state index contributed by atoms with van der Waals surface area (Å²) in [7, 11) is 0. The van der Waals surface area contributed by atoms with Crippen molar-refractivity contribution in [1.82, 2.24) is 9.55 Å². The van der Waals surface area contributed by atoms with Crippen LogP contribution < -0.4 is 5.56 Å². The summed E-state index contributed by atoms with van der Waals surface area (Å²) in [6.07, 6.45) is 0.107. The van der Waals surface area contributed by atoms with Gasteiger partial charge in [0.2, 0.25) is 0 Å². The van der Waals surface area contributed by atoms with E-state index in [1.165, 1.54) is 23.1 Å². The van der Waals surface area contributed by atoms with Crippen molar-refractivity contribution in [3.8, 4) is 0 Å². The number of Topliss-reactive ketones (excluding diaryl/α,β-unsaturated/α-hetero) is 1. The molecule has 0 saturated heterocycles. The Hall–Kier alpha value is -2.04. The van der Waals surface area contributed by atoms with Gasteiger partial charge in [0.1, 0.15) is 4.70 Å². The predicted molar refractivity (Wildman–Crippen MR) is 142 cm³/mol. The van der Waals surface area contributed by atoms with Crippen molar-refractivity contribution in [2.75, 3.05) is 19.0 Å². The molecule has 2 aromatic heterocycles. The van der Waals surface area contributed by atoms with E-state index < -0.39 is 6.29 Å². The molecule has 0 aliphatic rings. The quantitative estimate of drug-likeness (QED) is 0.0949. The first-order valence-corrected chi connectivity index (χ1v) is 13.7. The molecule has 0 atom stereocenters. The molecule has 0 saturated carbocycles. The third-order valence-corrected chi connectivity index (χ3v) is 7.89. The zero-order valence-electron chi connectivity index (χ0n) is 19.0. The topological polar surface area (TPSA) is 70.4 Å². The van der Waals surface area contributed by atoms with Crippen LogP contribution in [0.4, 0.5) is 0 Å². The van der Waals surface area contributed by atoms with Crippen molar-refractivity contribution >= 4 is 65.1 Å². The van der Waals surface area contributed by atoms with Gasteiger partial charge in [-0.2, -0.15) is 0 Å². The molecule has 178 valence electrons. The van der Waals surface area contributed by atoms with Crippen LogP contribution in [0.2, 0.25) is 0 Å². The Balaban J connectivity index is 1.68. The van der Waals surface area contributed by atoms with Crippen LogP contribution in [0.5, 0.6) is 0 Å². The minimum Gasteiger partial charge on any atom is -0.353 e. The van der Waals surface area contributed by atoms with Crippen LogP contribution in [0.1, 0.15) is 30.6 Å². The number of hydrogen-bond donors (Lipinski definition) is 0. The first kappa shape index (κ1) is 25.1. The van der Waals surface area contributed by atoms with Crippen LogP contribution in [0.15, 0.2) is 63.0 Å². The van der Waals surface area contributed by atoms with Crippen LogP contribution in [0.25, 0.3) is 20.3 Å². The third-order valence-electron chi connectivity index (χ3n) is 5.24. The van der Waals surface area contributed by atoms with Crippen molar-refractivity contribution in [3.05, 3.63) is 68.9 Å². The first-order valence-electron chi connectivity index (χ1n) is 11.1. The lowest BCUT2D eigenvalue weighted by Gasteiger charge is -2.18. The minimum absolute atomic E-state index is 0.0184. The summed E-state index contributed by atoms with van der Waals surface area (Å²) >= 11 is 6.13. The number of nitrogens with zero attached hydrogens (tertiary/aromatic N) is 2. The summed E-state index contributed by atoms with van der Waals surface area (Å²) in [5.74, 6) is 0.164. The highest BCUT2D eigenvalue weighted by molar-refractivity contribution is 9.10. The minimum atomic E-state index is -0.401. The molecular formula is C25H25BrN2O4S2. The van der Waals surface area contributed by atoms with E-state index in [-0.39, 0.29) is 17.1 Å². The van der Waals surface area contributed by atoms with Gasteiger partial charge in [0.05, 0.1) is 11.3 Å². The largest absolute Gasteiger partial charge is 0.353 e. The van der Waals surface area contributed by atoms with E-state index in [0.717, 1.165) is 14.6 Å². The lowest BCUT2D eigenvalue weighted by Crippen LogP contribution is -2.27. The van der Waals surface area contributed by atoms with Gasteiger partial charge in [0.15, 0.2) is 17.2 Å². The molecule has 2 heterocycles. The molecule has 34 heavy (non-hydrogen) atoms. The average Bonchev–Trinajstić information content (AvgIpc) is 3.21. The smallest absolute Gasteiger partial charge is 0.272 e. The number of halogens is 1. The van der Waals surface area contributed by atoms with Gasteiger partial charge in [0, 0.05) is 46.3 Å². The average molecular weight is 562 g/mol. The molecule has 0 fully saturated rings. The number of ether oxygens (including phenoxy) is 2. The Kier molecular flexibility index (Phi) is 8.55. The molecule has 2 aromatic carbocycles. The fourth-order valence-electron chi connectivity index (χ4n) is 3.63. The van der Waals surface area contributed by atoms with Crippen LogP contribution in [-0.4, -0.2) is 40.6 Å². The van der Waals surface area contributed by atoms with Crippen LogP contribution in [0.3, 0.4) is 0 Å². The summed E-state index contributed by atoms with van der Waals surface area (Å²) in [5, 5.41) is 1.48. The van der Waals surface area contributed by atoms with Gasteiger partial charge >= 0.3 is 0 Å². The van der Waals surface area contributed by atoms with Gasteiger partial charge in [-0.3, -0.25) is 14.2 Å². The molecule has 0 spiro atoms. The zero-order chi connectivity index (χ0) is 24.1. The number of ketones is 1. The van der Waals surface area contributed by atoms with Gasteiger partial charge in [-0.1, -0.05) is 58.0 Å². The molecule has 0 unspecified atom stereocenters. The van der Waals surface area contributed by atoms with Gasteiger partial charge in [-0.25, -0.2) is 4.98 Å². The van der Waals surface area contributed by atoms with Crippen molar-refractivity contribution in [1.29, 1.82) is 0 Å². The summed E-state index contributed by atoms with van der Waals surface area (Å²) in [6.45, 7) is 5.26. The van der Waals surface area contributed by atoms with E-state index in [4.69, 9.17) is 14.5 Å². The SMILES string of the molecule is CCOC(CCn1c(SCC(=O)c2ccc(Br)cc2)nc2c(sc3ccccc32)c1=O)OCC. The Morgan fingerprint density at radius 1 is 1.12 bits per heavy atom. The molecule has 9 heteroatoms. The number of fused-ring (bicyclic) bond motifs is 3. The molecule has 0 amide bonds. The number of carbonyl (C=O) groups excluding carboxylic acids is 1. The summed E-state index contributed by atoms with van der Waals surface area (Å²) in [4.78, 5) is 31.2. The Labute approximate surface area is 214 Å². The van der Waals surface area contributed by atoms with Crippen molar-refractivity contribution < 1.29 is 14.3 Å². The Morgan fingerprint density at radius 2 is 1.82 bits per heavy atom. The van der Waals surface area contributed by atoms with Crippen LogP contribution in [0, 0.1) is 0 Å². The molecule has 0 N–H and O–H groups in total. The van der Waals surface area contributed by atoms with Crippen molar-refractivity contribution in [2.45, 2.75) is 38.3 Å². The standard InChI is InChI=1S/C25H25BrN2O4S2/c1-3-31-21(32-4-2)13-14-28-24(30)23-22(18-7-5-6-8-20(18)34-23)27-25(28)33-15-19(29)16-9-11-17(26)12-10-16/h5-12,21H,3-4,13-15H2,1-2H3. The maximum Gasteiger partial charge on any atom is 0.272 e. The fraction of sp³-hybridized carbons (Fsp3) is 0.320. The highest BCUT2D eigenvalue weighted by atomic mass is 79.9. The number of thiophene rings is 1. The van der Waals surface area contributed by atoms with Crippen molar-refractivity contribution in [3.63, 3.8) is 0 Å². The Bertz CT molecular complexity index is 1350. The molecule has 0 bridgehead atoms. The molecule has 0 radical (unpaired) electrons. The molecule has 4 aromatic rings. The molecule has 0 aliphatic heterocycles. The summed E-state index contributed by atoms with van der Waals surface area (Å²) in [5.41, 5.74) is 1.21. The monoisotopic (exact) mass is 560 g/mol. The number of aromatic nitrogens is 2. The molecular weight excluding hydrogens is 536 g/mol. The number of thioether (sulfide) groups is 1. The second-order valence-corrected chi connectivity index (χ2v) is 10.4. The highest BCUT2D eigenvalue weighted by Gasteiger charge is 2.19. The van der Waals surface area contributed by atoms with Gasteiger partial charge in [0.25, 0.3) is 5.56 Å². The van der Waals surface area contributed by atoms with Gasteiger partial charge < -0.3 is 9.47 Å². The maximum atomic E-state index is 13.5. The van der Waals surface area contributed by atoms with E-state index in [0.29, 0.717) is 47.1 Å². The maximum absolute atomic E-state index is 13.5. The van der Waals surface area contributed by atoms with E-state index in [1.54, 1.807) is 16.7 Å². The van der Waals surface area contributed by atoms with Crippen molar-refractivity contribution in [2.24, 2.45) is 0 Å². The van der Waals surface area contributed by atoms with Gasteiger partial charge in [-0.15, -0.1) is 11.3 Å². The fourth-order valence-corrected chi connectivity index (χ4v) is 5.90. The highest BCUT2D eigenvalue weighted by Crippen LogP contribution is 2.32. The second kappa shape index (κ2) is 11.6. The molecule has 6 nitrogen and oxygen atoms in total. The Morgan fingerprint density at radius 3 is 2.53 bits per heavy atom. The van der Waals surface area contributed by atoms with E-state index in [1.807, 2.05) is 50.2 Å². The lowest BCUT2D eigenvalue weighted by molar-refractivity contribution is -0.141. The summed E-state index contributed by atoms with van der Waals surface area (Å²) in [6, 6.07) is 15.1. The first-order chi connectivity index (χ1) is 16.5. The van der Waals surface area contributed by atoms with E-state index in [9.17, 15) is 9.59 Å². The van der Waals surface area contributed by atoms with E-state index in [2.05, 4.69) is 15.9 Å². The predicted octanol–water partition coefficient (Wildman–Crippen LogP) is 6.14.